The molecule has 0 amide bonds. The number of likely N-dealkylation sites (N-methyl/N-ethyl adjacent to an activating group) is 1. The highest BCUT2D eigenvalue weighted by molar-refractivity contribution is 5.18. The lowest BCUT2D eigenvalue weighted by Gasteiger charge is -2.15. The van der Waals surface area contributed by atoms with Crippen LogP contribution in [0.4, 0.5) is 0 Å². The maximum absolute atomic E-state index is 9.77. The number of rotatable bonds is 5. The van der Waals surface area contributed by atoms with Gasteiger partial charge < -0.3 is 10.4 Å². The molecular weight excluding hydrogens is 186 g/mol. The third-order valence-corrected chi connectivity index (χ3v) is 2.40. The zero-order chi connectivity index (χ0) is 11.1. The molecule has 0 saturated carbocycles. The Hall–Kier alpha value is -1.28. The van der Waals surface area contributed by atoms with E-state index in [1.807, 2.05) is 38.2 Å². The van der Waals surface area contributed by atoms with E-state index in [0.29, 0.717) is 5.76 Å². The van der Waals surface area contributed by atoms with Crippen LogP contribution in [0.5, 0.6) is 0 Å². The second-order valence-corrected chi connectivity index (χ2v) is 3.57. The predicted octanol–water partition coefficient (Wildman–Crippen LogP) is 2.67. The molecule has 0 fully saturated rings. The van der Waals surface area contributed by atoms with Crippen LogP contribution in [0.3, 0.4) is 0 Å². The van der Waals surface area contributed by atoms with Crippen LogP contribution in [0.2, 0.25) is 0 Å². The summed E-state index contributed by atoms with van der Waals surface area (Å²) in [6, 6.07) is 10.2. The topological polar surface area (TPSA) is 32.3 Å². The summed E-state index contributed by atoms with van der Waals surface area (Å²) in [5, 5.41) is 12.9. The molecule has 0 aliphatic heterocycles. The first-order valence-electron chi connectivity index (χ1n) is 5.38. The van der Waals surface area contributed by atoms with Crippen molar-refractivity contribution in [2.24, 2.45) is 0 Å². The zero-order valence-corrected chi connectivity index (χ0v) is 9.40. The molecule has 2 nitrogen and oxygen atoms in total. The summed E-state index contributed by atoms with van der Waals surface area (Å²) in [5.74, 6) is 0.434. The molecule has 1 atom stereocenters. The molecule has 0 aliphatic rings. The van der Waals surface area contributed by atoms with Gasteiger partial charge >= 0.3 is 0 Å². The highest BCUT2D eigenvalue weighted by atomic mass is 16.3. The minimum atomic E-state index is 0.0207. The highest BCUT2D eigenvalue weighted by Gasteiger charge is 2.10. The van der Waals surface area contributed by atoms with E-state index in [9.17, 15) is 5.11 Å². The van der Waals surface area contributed by atoms with Crippen molar-refractivity contribution in [2.45, 2.75) is 25.8 Å². The van der Waals surface area contributed by atoms with Gasteiger partial charge in [0.15, 0.2) is 0 Å². The van der Waals surface area contributed by atoms with Gasteiger partial charge in [-0.05, 0) is 31.5 Å². The van der Waals surface area contributed by atoms with E-state index in [2.05, 4.69) is 17.4 Å². The van der Waals surface area contributed by atoms with Gasteiger partial charge in [-0.15, -0.1) is 0 Å². The number of hydrogen-bond acceptors (Lipinski definition) is 2. The van der Waals surface area contributed by atoms with E-state index >= 15 is 0 Å². The smallest absolute Gasteiger partial charge is 0.105 e. The van der Waals surface area contributed by atoms with Gasteiger partial charge in [-0.3, -0.25) is 0 Å². The SMILES string of the molecule is CC/C=C(/O)[C@@H](Cc1ccccc1)NC. The first-order chi connectivity index (χ1) is 7.27. The van der Waals surface area contributed by atoms with Crippen LogP contribution in [0, 0.1) is 0 Å². The van der Waals surface area contributed by atoms with Crippen LogP contribution in [-0.4, -0.2) is 18.2 Å². The summed E-state index contributed by atoms with van der Waals surface area (Å²) in [5.41, 5.74) is 1.23. The van der Waals surface area contributed by atoms with Crippen molar-refractivity contribution >= 4 is 0 Å². The van der Waals surface area contributed by atoms with Gasteiger partial charge in [0.05, 0.1) is 6.04 Å². The lowest BCUT2D eigenvalue weighted by atomic mass is 10.0. The maximum atomic E-state index is 9.77. The minimum Gasteiger partial charge on any atom is -0.511 e. The number of aliphatic hydroxyl groups is 1. The van der Waals surface area contributed by atoms with Crippen LogP contribution in [0.15, 0.2) is 42.2 Å². The third kappa shape index (κ3) is 3.76. The standard InChI is InChI=1S/C13H19NO/c1-3-7-13(15)12(14-2)10-11-8-5-4-6-9-11/h4-9,12,14-15H,3,10H2,1-2H3/b13-7+/t12-/m1/s1. The monoisotopic (exact) mass is 205 g/mol. The van der Waals surface area contributed by atoms with Crippen LogP contribution < -0.4 is 5.32 Å². The summed E-state index contributed by atoms with van der Waals surface area (Å²) < 4.78 is 0. The lowest BCUT2D eigenvalue weighted by molar-refractivity contribution is 0.344. The molecular formula is C13H19NO. The quantitative estimate of drug-likeness (QED) is 0.724. The molecule has 0 aromatic heterocycles. The van der Waals surface area contributed by atoms with Crippen LogP contribution >= 0.6 is 0 Å². The molecule has 0 radical (unpaired) electrons. The Kier molecular flexibility index (Phi) is 4.91. The summed E-state index contributed by atoms with van der Waals surface area (Å²) >= 11 is 0. The summed E-state index contributed by atoms with van der Waals surface area (Å²) in [7, 11) is 1.87. The van der Waals surface area contributed by atoms with Crippen molar-refractivity contribution < 1.29 is 5.11 Å². The Morgan fingerprint density at radius 1 is 1.40 bits per heavy atom. The van der Waals surface area contributed by atoms with Crippen LogP contribution in [0.1, 0.15) is 18.9 Å². The molecule has 0 spiro atoms. The summed E-state index contributed by atoms with van der Waals surface area (Å²) in [6.45, 7) is 2.02. The van der Waals surface area contributed by atoms with Crippen molar-refractivity contribution in [3.8, 4) is 0 Å². The molecule has 2 heteroatoms. The number of hydrogen-bond donors (Lipinski definition) is 2. The molecule has 2 N–H and O–H groups in total. The van der Waals surface area contributed by atoms with Gasteiger partial charge in [0, 0.05) is 0 Å². The van der Waals surface area contributed by atoms with Crippen molar-refractivity contribution in [1.29, 1.82) is 0 Å². The molecule has 1 rings (SSSR count). The highest BCUT2D eigenvalue weighted by Crippen LogP contribution is 2.08. The second-order valence-electron chi connectivity index (χ2n) is 3.57. The Morgan fingerprint density at radius 2 is 2.07 bits per heavy atom. The molecule has 0 saturated heterocycles. The molecule has 82 valence electrons. The molecule has 0 unspecified atom stereocenters. The fraction of sp³-hybridized carbons (Fsp3) is 0.385. The van der Waals surface area contributed by atoms with E-state index < -0.39 is 0 Å². The number of allylic oxidation sites excluding steroid dienone is 1. The first-order valence-corrected chi connectivity index (χ1v) is 5.38. The molecule has 1 aromatic rings. The van der Waals surface area contributed by atoms with E-state index in [-0.39, 0.29) is 6.04 Å². The minimum absolute atomic E-state index is 0.0207. The van der Waals surface area contributed by atoms with Gasteiger partial charge in [0.2, 0.25) is 0 Å². The van der Waals surface area contributed by atoms with Crippen LogP contribution in [-0.2, 0) is 6.42 Å². The van der Waals surface area contributed by atoms with Gasteiger partial charge in [0.1, 0.15) is 5.76 Å². The lowest BCUT2D eigenvalue weighted by Crippen LogP contribution is -2.29. The Balaban J connectivity index is 2.66. The Morgan fingerprint density at radius 3 is 2.60 bits per heavy atom. The average Bonchev–Trinajstić information content (AvgIpc) is 2.27. The molecule has 0 bridgehead atoms. The van der Waals surface area contributed by atoms with Gasteiger partial charge in [-0.1, -0.05) is 37.3 Å². The van der Waals surface area contributed by atoms with Crippen molar-refractivity contribution in [3.05, 3.63) is 47.7 Å². The summed E-state index contributed by atoms with van der Waals surface area (Å²) in [6.07, 6.45) is 3.53. The van der Waals surface area contributed by atoms with Gasteiger partial charge in [-0.2, -0.15) is 0 Å². The molecule has 1 aromatic carbocycles. The van der Waals surface area contributed by atoms with Crippen molar-refractivity contribution in [3.63, 3.8) is 0 Å². The Bertz CT molecular complexity index is 306. The normalized spacial score (nSPS) is 13.9. The van der Waals surface area contributed by atoms with Crippen molar-refractivity contribution in [2.75, 3.05) is 7.05 Å². The zero-order valence-electron chi connectivity index (χ0n) is 9.40. The van der Waals surface area contributed by atoms with Crippen molar-refractivity contribution in [1.82, 2.24) is 5.32 Å². The van der Waals surface area contributed by atoms with E-state index in [0.717, 1.165) is 12.8 Å². The maximum Gasteiger partial charge on any atom is 0.105 e. The fourth-order valence-electron chi connectivity index (χ4n) is 1.56. The average molecular weight is 205 g/mol. The van der Waals surface area contributed by atoms with Gasteiger partial charge in [0.25, 0.3) is 0 Å². The van der Waals surface area contributed by atoms with E-state index in [1.165, 1.54) is 5.56 Å². The van der Waals surface area contributed by atoms with Crippen LogP contribution in [0.25, 0.3) is 0 Å². The fourth-order valence-corrected chi connectivity index (χ4v) is 1.56. The molecule has 0 heterocycles. The van der Waals surface area contributed by atoms with E-state index in [4.69, 9.17) is 0 Å². The second kappa shape index (κ2) is 6.25. The number of aliphatic hydroxyl groups excluding tert-OH is 1. The number of benzene rings is 1. The largest absolute Gasteiger partial charge is 0.511 e. The van der Waals surface area contributed by atoms with Gasteiger partial charge in [-0.25, -0.2) is 0 Å². The predicted molar refractivity (Wildman–Crippen MR) is 64.0 cm³/mol. The summed E-state index contributed by atoms with van der Waals surface area (Å²) in [4.78, 5) is 0. The molecule has 15 heavy (non-hydrogen) atoms. The first kappa shape index (κ1) is 11.8. The number of nitrogens with one attached hydrogen (secondary N) is 1. The molecule has 0 aliphatic carbocycles. The Labute approximate surface area is 91.6 Å². The third-order valence-electron chi connectivity index (χ3n) is 2.40. The van der Waals surface area contributed by atoms with E-state index in [1.54, 1.807) is 0 Å².